The third-order valence-electron chi connectivity index (χ3n) is 3.96. The summed E-state index contributed by atoms with van der Waals surface area (Å²) in [5.74, 6) is 1.86. The van der Waals surface area contributed by atoms with E-state index in [1.54, 1.807) is 7.05 Å². The van der Waals surface area contributed by atoms with E-state index < -0.39 is 9.84 Å². The quantitative estimate of drug-likeness (QED) is 0.334. The SMILES string of the molecule is CN=C(NCc1cccc(OCCN(C)C)c1)NC1CCS(=O)(=O)C1.I. The summed E-state index contributed by atoms with van der Waals surface area (Å²) in [5, 5.41) is 6.40. The molecule has 0 radical (unpaired) electrons. The second kappa shape index (κ2) is 10.9. The minimum absolute atomic E-state index is 0. The molecule has 0 aromatic heterocycles. The molecule has 1 heterocycles. The van der Waals surface area contributed by atoms with Gasteiger partial charge in [-0.1, -0.05) is 12.1 Å². The van der Waals surface area contributed by atoms with Crippen LogP contribution in [-0.4, -0.2) is 71.1 Å². The zero-order valence-electron chi connectivity index (χ0n) is 15.6. The topological polar surface area (TPSA) is 83.0 Å². The maximum Gasteiger partial charge on any atom is 0.191 e. The molecule has 1 saturated heterocycles. The predicted octanol–water partition coefficient (Wildman–Crippen LogP) is 1.10. The molecule has 2 rings (SSSR count). The molecule has 7 nitrogen and oxygen atoms in total. The molecule has 2 N–H and O–H groups in total. The summed E-state index contributed by atoms with van der Waals surface area (Å²) in [5.41, 5.74) is 1.07. The van der Waals surface area contributed by atoms with Gasteiger partial charge in [0.25, 0.3) is 0 Å². The molecule has 0 aliphatic carbocycles. The van der Waals surface area contributed by atoms with E-state index in [9.17, 15) is 8.42 Å². The third kappa shape index (κ3) is 8.09. The van der Waals surface area contributed by atoms with Crippen LogP contribution in [0.5, 0.6) is 5.75 Å². The van der Waals surface area contributed by atoms with Crippen LogP contribution in [0.25, 0.3) is 0 Å². The van der Waals surface area contributed by atoms with Gasteiger partial charge in [-0.2, -0.15) is 0 Å². The number of sulfone groups is 1. The van der Waals surface area contributed by atoms with Crippen LogP contribution in [0.15, 0.2) is 29.3 Å². The van der Waals surface area contributed by atoms with E-state index in [4.69, 9.17) is 4.74 Å². The summed E-state index contributed by atoms with van der Waals surface area (Å²) in [4.78, 5) is 6.24. The molecule has 148 valence electrons. The van der Waals surface area contributed by atoms with Crippen LogP contribution in [0.4, 0.5) is 0 Å². The average Bonchev–Trinajstić information content (AvgIpc) is 2.90. The fourth-order valence-corrected chi connectivity index (χ4v) is 4.25. The molecule has 26 heavy (non-hydrogen) atoms. The number of halogens is 1. The van der Waals surface area contributed by atoms with Crippen LogP contribution >= 0.6 is 24.0 Å². The monoisotopic (exact) mass is 496 g/mol. The largest absolute Gasteiger partial charge is 0.492 e. The molecule has 1 unspecified atom stereocenters. The summed E-state index contributed by atoms with van der Waals surface area (Å²) in [6.07, 6.45) is 0.623. The molecular weight excluding hydrogens is 467 g/mol. The van der Waals surface area contributed by atoms with Crippen LogP contribution in [0.3, 0.4) is 0 Å². The summed E-state index contributed by atoms with van der Waals surface area (Å²) < 4.78 is 28.8. The maximum absolute atomic E-state index is 11.5. The van der Waals surface area contributed by atoms with Crippen LogP contribution in [0, 0.1) is 0 Å². The Morgan fingerprint density at radius 1 is 1.38 bits per heavy atom. The van der Waals surface area contributed by atoms with Gasteiger partial charge >= 0.3 is 0 Å². The van der Waals surface area contributed by atoms with Gasteiger partial charge in [-0.3, -0.25) is 4.99 Å². The first-order valence-electron chi connectivity index (χ1n) is 8.42. The summed E-state index contributed by atoms with van der Waals surface area (Å²) in [7, 11) is 2.80. The van der Waals surface area contributed by atoms with Gasteiger partial charge < -0.3 is 20.3 Å². The number of hydrogen-bond donors (Lipinski definition) is 2. The van der Waals surface area contributed by atoms with Gasteiger partial charge in [0.1, 0.15) is 12.4 Å². The molecule has 1 aromatic carbocycles. The van der Waals surface area contributed by atoms with E-state index in [0.29, 0.717) is 25.5 Å². The van der Waals surface area contributed by atoms with Crippen molar-refractivity contribution < 1.29 is 13.2 Å². The summed E-state index contributed by atoms with van der Waals surface area (Å²) in [6, 6.07) is 7.84. The van der Waals surface area contributed by atoms with E-state index in [2.05, 4.69) is 20.5 Å². The number of benzene rings is 1. The molecule has 1 aromatic rings. The lowest BCUT2D eigenvalue weighted by atomic mass is 10.2. The lowest BCUT2D eigenvalue weighted by molar-refractivity contribution is 0.261. The van der Waals surface area contributed by atoms with E-state index >= 15 is 0 Å². The Labute approximate surface area is 173 Å². The number of nitrogens with one attached hydrogen (secondary N) is 2. The van der Waals surface area contributed by atoms with Crippen LogP contribution < -0.4 is 15.4 Å². The fourth-order valence-electron chi connectivity index (χ4n) is 2.57. The highest BCUT2D eigenvalue weighted by molar-refractivity contribution is 14.0. The van der Waals surface area contributed by atoms with Crippen molar-refractivity contribution in [1.29, 1.82) is 0 Å². The lowest BCUT2D eigenvalue weighted by Gasteiger charge is -2.16. The Balaban J connectivity index is 0.00000338. The minimum Gasteiger partial charge on any atom is -0.492 e. The molecule has 0 bridgehead atoms. The van der Waals surface area contributed by atoms with Crippen molar-refractivity contribution in [1.82, 2.24) is 15.5 Å². The van der Waals surface area contributed by atoms with Gasteiger partial charge in [-0.15, -0.1) is 24.0 Å². The van der Waals surface area contributed by atoms with Gasteiger partial charge in [0.15, 0.2) is 15.8 Å². The fraction of sp³-hybridized carbons (Fsp3) is 0.588. The van der Waals surface area contributed by atoms with Crippen molar-refractivity contribution in [2.75, 3.05) is 45.8 Å². The van der Waals surface area contributed by atoms with Gasteiger partial charge in [-0.25, -0.2) is 8.42 Å². The summed E-state index contributed by atoms with van der Waals surface area (Å²) >= 11 is 0. The molecular formula is C17H29IN4O3S. The summed E-state index contributed by atoms with van der Waals surface area (Å²) in [6.45, 7) is 2.09. The van der Waals surface area contributed by atoms with Crippen LogP contribution in [-0.2, 0) is 16.4 Å². The predicted molar refractivity (Wildman–Crippen MR) is 116 cm³/mol. The Hall–Kier alpha value is -1.07. The Morgan fingerprint density at radius 3 is 2.77 bits per heavy atom. The maximum atomic E-state index is 11.5. The Bertz CT molecular complexity index is 695. The number of hydrogen-bond acceptors (Lipinski definition) is 5. The average molecular weight is 496 g/mol. The van der Waals surface area contributed by atoms with Crippen molar-refractivity contribution in [3.63, 3.8) is 0 Å². The standard InChI is InChI=1S/C17H28N4O3S.HI/c1-18-17(20-15-7-10-25(22,23)13-15)19-12-14-5-4-6-16(11-14)24-9-8-21(2)3;/h4-6,11,15H,7-10,12-13H2,1-3H3,(H2,18,19,20);1H. The van der Waals surface area contributed by atoms with E-state index in [-0.39, 0.29) is 41.5 Å². The smallest absolute Gasteiger partial charge is 0.191 e. The number of aliphatic imine (C=N–C) groups is 1. The number of ether oxygens (including phenoxy) is 1. The number of nitrogens with zero attached hydrogens (tertiary/aromatic N) is 2. The Kier molecular flexibility index (Phi) is 9.66. The molecule has 1 fully saturated rings. The molecule has 1 atom stereocenters. The van der Waals surface area contributed by atoms with E-state index in [1.165, 1.54) is 0 Å². The highest BCUT2D eigenvalue weighted by atomic mass is 127. The number of likely N-dealkylation sites (N-methyl/N-ethyl adjacent to an activating group) is 1. The van der Waals surface area contributed by atoms with Crippen molar-refractivity contribution in [2.45, 2.75) is 19.0 Å². The second-order valence-corrected chi connectivity index (χ2v) is 8.70. The number of guanidine groups is 1. The first-order valence-corrected chi connectivity index (χ1v) is 10.2. The molecule has 1 aliphatic rings. The molecule has 0 spiro atoms. The van der Waals surface area contributed by atoms with E-state index in [0.717, 1.165) is 17.9 Å². The second-order valence-electron chi connectivity index (χ2n) is 6.47. The van der Waals surface area contributed by atoms with Gasteiger partial charge in [0.05, 0.1) is 11.5 Å². The lowest BCUT2D eigenvalue weighted by Crippen LogP contribution is -2.43. The minimum atomic E-state index is -2.90. The van der Waals surface area contributed by atoms with Crippen molar-refractivity contribution in [2.24, 2.45) is 4.99 Å². The highest BCUT2D eigenvalue weighted by Crippen LogP contribution is 2.14. The Morgan fingerprint density at radius 2 is 2.15 bits per heavy atom. The molecule has 0 saturated carbocycles. The van der Waals surface area contributed by atoms with Gasteiger partial charge in [-0.05, 0) is 38.2 Å². The highest BCUT2D eigenvalue weighted by Gasteiger charge is 2.28. The van der Waals surface area contributed by atoms with Crippen molar-refractivity contribution in [3.05, 3.63) is 29.8 Å². The van der Waals surface area contributed by atoms with Gasteiger partial charge in [0, 0.05) is 26.2 Å². The van der Waals surface area contributed by atoms with Crippen LogP contribution in [0.1, 0.15) is 12.0 Å². The first kappa shape index (κ1) is 23.0. The first-order chi connectivity index (χ1) is 11.9. The van der Waals surface area contributed by atoms with Crippen molar-refractivity contribution in [3.8, 4) is 5.75 Å². The molecule has 9 heteroatoms. The normalized spacial score (nSPS) is 19.1. The van der Waals surface area contributed by atoms with Crippen molar-refractivity contribution >= 4 is 39.8 Å². The van der Waals surface area contributed by atoms with E-state index in [1.807, 2.05) is 38.4 Å². The molecule has 0 amide bonds. The number of rotatable bonds is 7. The van der Waals surface area contributed by atoms with Crippen LogP contribution in [0.2, 0.25) is 0 Å². The third-order valence-corrected chi connectivity index (χ3v) is 5.73. The zero-order valence-corrected chi connectivity index (χ0v) is 18.7. The molecule has 1 aliphatic heterocycles. The van der Waals surface area contributed by atoms with Gasteiger partial charge in [0.2, 0.25) is 0 Å². The zero-order chi connectivity index (χ0) is 18.3.